The summed E-state index contributed by atoms with van der Waals surface area (Å²) in [5, 5.41) is 6.36. The predicted octanol–water partition coefficient (Wildman–Crippen LogP) is 2.01. The van der Waals surface area contributed by atoms with E-state index in [2.05, 4.69) is 17.6 Å². The topological polar surface area (TPSA) is 78.5 Å². The van der Waals surface area contributed by atoms with Gasteiger partial charge in [-0.15, -0.1) is 12.4 Å². The lowest BCUT2D eigenvalue weighted by atomic mass is 9.95. The third kappa shape index (κ3) is 4.76. The Kier molecular flexibility index (Phi) is 7.46. The second kappa shape index (κ2) is 9.17. The summed E-state index contributed by atoms with van der Waals surface area (Å²) in [5.41, 5.74) is 0.406. The minimum atomic E-state index is -3.52. The summed E-state index contributed by atoms with van der Waals surface area (Å²) >= 11 is 0. The molecule has 0 bridgehead atoms. The zero-order chi connectivity index (χ0) is 17.9. The molecule has 2 heterocycles. The molecule has 26 heavy (non-hydrogen) atoms. The third-order valence-electron chi connectivity index (χ3n) is 5.15. The molecule has 2 atom stereocenters. The SMILES string of the molecule is CC1CNCCC1NC(=O)c1cccc(S(=O)(=O)N2CCCCC2)c1.Cl. The number of carbonyl (C=O) groups is 1. The van der Waals surface area contributed by atoms with Gasteiger partial charge in [0, 0.05) is 24.7 Å². The van der Waals surface area contributed by atoms with Gasteiger partial charge in [0.05, 0.1) is 4.90 Å². The average molecular weight is 402 g/mol. The van der Waals surface area contributed by atoms with Crippen molar-refractivity contribution in [1.29, 1.82) is 0 Å². The van der Waals surface area contributed by atoms with E-state index < -0.39 is 10.0 Å². The van der Waals surface area contributed by atoms with Gasteiger partial charge in [-0.05, 0) is 56.5 Å². The first kappa shape index (κ1) is 21.2. The van der Waals surface area contributed by atoms with Gasteiger partial charge in [-0.2, -0.15) is 4.31 Å². The number of nitrogens with one attached hydrogen (secondary N) is 2. The Hall–Kier alpha value is -1.15. The summed E-state index contributed by atoms with van der Waals surface area (Å²) in [4.78, 5) is 12.8. The summed E-state index contributed by atoms with van der Waals surface area (Å²) in [5.74, 6) is 0.160. The monoisotopic (exact) mass is 401 g/mol. The summed E-state index contributed by atoms with van der Waals surface area (Å²) in [6.45, 7) is 5.00. The van der Waals surface area contributed by atoms with E-state index in [1.807, 2.05) is 0 Å². The van der Waals surface area contributed by atoms with Crippen molar-refractivity contribution in [2.75, 3.05) is 26.2 Å². The molecule has 2 aliphatic rings. The summed E-state index contributed by atoms with van der Waals surface area (Å²) in [6.07, 6.45) is 3.75. The highest BCUT2D eigenvalue weighted by Gasteiger charge is 2.27. The number of nitrogens with zero attached hydrogens (tertiary/aromatic N) is 1. The van der Waals surface area contributed by atoms with Gasteiger partial charge in [0.15, 0.2) is 0 Å². The molecule has 2 saturated heterocycles. The Morgan fingerprint density at radius 1 is 1.23 bits per heavy atom. The first-order chi connectivity index (χ1) is 12.0. The molecule has 0 spiro atoms. The van der Waals surface area contributed by atoms with Crippen LogP contribution in [0.1, 0.15) is 43.0 Å². The van der Waals surface area contributed by atoms with Crippen molar-refractivity contribution in [1.82, 2.24) is 14.9 Å². The van der Waals surface area contributed by atoms with Gasteiger partial charge in [-0.25, -0.2) is 8.42 Å². The van der Waals surface area contributed by atoms with Crippen LogP contribution in [0.5, 0.6) is 0 Å². The van der Waals surface area contributed by atoms with Crippen LogP contribution >= 0.6 is 12.4 Å². The zero-order valence-electron chi connectivity index (χ0n) is 15.1. The molecule has 1 aromatic carbocycles. The van der Waals surface area contributed by atoms with Crippen LogP contribution in [-0.4, -0.2) is 50.9 Å². The Morgan fingerprint density at radius 2 is 1.96 bits per heavy atom. The standard InChI is InChI=1S/C18H27N3O3S.ClH/c1-14-13-19-9-8-17(14)20-18(22)15-6-5-7-16(12-15)25(23,24)21-10-3-2-4-11-21;/h5-7,12,14,17,19H,2-4,8-11,13H2,1H3,(H,20,22);1H. The highest BCUT2D eigenvalue weighted by atomic mass is 35.5. The largest absolute Gasteiger partial charge is 0.349 e. The highest BCUT2D eigenvalue weighted by molar-refractivity contribution is 7.89. The number of sulfonamides is 1. The summed E-state index contributed by atoms with van der Waals surface area (Å²) in [6, 6.07) is 6.53. The molecule has 2 N–H and O–H groups in total. The van der Waals surface area contributed by atoms with Crippen molar-refractivity contribution in [3.8, 4) is 0 Å². The molecular weight excluding hydrogens is 374 g/mol. The van der Waals surface area contributed by atoms with E-state index in [1.54, 1.807) is 18.2 Å². The van der Waals surface area contributed by atoms with Crippen LogP contribution in [0.4, 0.5) is 0 Å². The van der Waals surface area contributed by atoms with E-state index in [4.69, 9.17) is 0 Å². The molecule has 6 nitrogen and oxygen atoms in total. The molecule has 3 rings (SSSR count). The van der Waals surface area contributed by atoms with Crippen LogP contribution in [-0.2, 0) is 10.0 Å². The lowest BCUT2D eigenvalue weighted by Gasteiger charge is -2.30. The lowest BCUT2D eigenvalue weighted by molar-refractivity contribution is 0.0914. The molecule has 1 aromatic rings. The normalized spacial score (nSPS) is 24.5. The van der Waals surface area contributed by atoms with Gasteiger partial charge in [0.25, 0.3) is 5.91 Å². The summed E-state index contributed by atoms with van der Waals surface area (Å²) < 4.78 is 27.1. The number of piperidine rings is 2. The fraction of sp³-hybridized carbons (Fsp3) is 0.611. The first-order valence-electron chi connectivity index (χ1n) is 9.10. The Morgan fingerprint density at radius 3 is 2.65 bits per heavy atom. The molecule has 2 aliphatic heterocycles. The fourth-order valence-electron chi connectivity index (χ4n) is 3.53. The van der Waals surface area contributed by atoms with E-state index in [1.165, 1.54) is 10.4 Å². The van der Waals surface area contributed by atoms with Gasteiger partial charge in [-0.3, -0.25) is 4.79 Å². The maximum atomic E-state index is 12.8. The van der Waals surface area contributed by atoms with Crippen LogP contribution in [0, 0.1) is 5.92 Å². The number of carbonyl (C=O) groups excluding carboxylic acids is 1. The highest BCUT2D eigenvalue weighted by Crippen LogP contribution is 2.21. The van der Waals surface area contributed by atoms with E-state index in [0.29, 0.717) is 24.6 Å². The van der Waals surface area contributed by atoms with Gasteiger partial charge >= 0.3 is 0 Å². The third-order valence-corrected chi connectivity index (χ3v) is 7.05. The molecule has 8 heteroatoms. The molecule has 0 aliphatic carbocycles. The number of rotatable bonds is 4. The van der Waals surface area contributed by atoms with Gasteiger partial charge in [-0.1, -0.05) is 19.4 Å². The number of hydrogen-bond donors (Lipinski definition) is 2. The van der Waals surface area contributed by atoms with Crippen molar-refractivity contribution in [2.45, 2.75) is 43.5 Å². The average Bonchev–Trinajstić information content (AvgIpc) is 2.64. The van der Waals surface area contributed by atoms with Crippen LogP contribution in [0.3, 0.4) is 0 Å². The number of halogens is 1. The molecule has 1 amide bonds. The van der Waals surface area contributed by atoms with Crippen molar-refractivity contribution >= 4 is 28.3 Å². The molecular formula is C18H28ClN3O3S. The quantitative estimate of drug-likeness (QED) is 0.808. The lowest BCUT2D eigenvalue weighted by Crippen LogP contribution is -2.48. The Bertz CT molecular complexity index is 720. The van der Waals surface area contributed by atoms with Crippen LogP contribution in [0.15, 0.2) is 29.2 Å². The van der Waals surface area contributed by atoms with Crippen molar-refractivity contribution in [2.24, 2.45) is 5.92 Å². The Balaban J connectivity index is 0.00000243. The Labute approximate surface area is 162 Å². The molecule has 0 saturated carbocycles. The second-order valence-corrected chi connectivity index (χ2v) is 8.98. The zero-order valence-corrected chi connectivity index (χ0v) is 16.7. The van der Waals surface area contributed by atoms with Crippen LogP contribution in [0.25, 0.3) is 0 Å². The van der Waals surface area contributed by atoms with Gasteiger partial charge < -0.3 is 10.6 Å². The minimum absolute atomic E-state index is 0. The van der Waals surface area contributed by atoms with E-state index in [-0.39, 0.29) is 29.3 Å². The van der Waals surface area contributed by atoms with Crippen molar-refractivity contribution in [3.05, 3.63) is 29.8 Å². The fourth-order valence-corrected chi connectivity index (χ4v) is 5.10. The van der Waals surface area contributed by atoms with Gasteiger partial charge in [0.1, 0.15) is 0 Å². The molecule has 2 unspecified atom stereocenters. The van der Waals surface area contributed by atoms with Crippen molar-refractivity contribution < 1.29 is 13.2 Å². The number of hydrogen-bond acceptors (Lipinski definition) is 4. The molecule has 0 aromatic heterocycles. The maximum absolute atomic E-state index is 12.8. The van der Waals surface area contributed by atoms with Crippen LogP contribution < -0.4 is 10.6 Å². The smallest absolute Gasteiger partial charge is 0.251 e. The number of amides is 1. The second-order valence-electron chi connectivity index (χ2n) is 7.04. The molecule has 146 valence electrons. The molecule has 0 radical (unpaired) electrons. The van der Waals surface area contributed by atoms with E-state index >= 15 is 0 Å². The van der Waals surface area contributed by atoms with E-state index in [9.17, 15) is 13.2 Å². The summed E-state index contributed by atoms with van der Waals surface area (Å²) in [7, 11) is -3.52. The van der Waals surface area contributed by atoms with E-state index in [0.717, 1.165) is 38.8 Å². The van der Waals surface area contributed by atoms with Crippen LogP contribution in [0.2, 0.25) is 0 Å². The first-order valence-corrected chi connectivity index (χ1v) is 10.5. The number of benzene rings is 1. The molecule has 2 fully saturated rings. The minimum Gasteiger partial charge on any atom is -0.349 e. The van der Waals surface area contributed by atoms with Gasteiger partial charge in [0.2, 0.25) is 10.0 Å². The maximum Gasteiger partial charge on any atom is 0.251 e. The van der Waals surface area contributed by atoms with Crippen molar-refractivity contribution in [3.63, 3.8) is 0 Å². The predicted molar refractivity (Wildman–Crippen MR) is 104 cm³/mol.